The smallest absolute Gasteiger partial charge is 0.179 e. The van der Waals surface area contributed by atoms with Crippen LogP contribution in [0.15, 0.2) is 24.3 Å². The number of fused-ring (bicyclic) bond motifs is 1. The largest absolute Gasteiger partial charge is 0.352 e. The van der Waals surface area contributed by atoms with E-state index >= 15 is 0 Å². The topological polar surface area (TPSA) is 32.9 Å². The Labute approximate surface area is 87.1 Å². The van der Waals surface area contributed by atoms with E-state index in [1.165, 1.54) is 12.1 Å². The summed E-state index contributed by atoms with van der Waals surface area (Å²) < 4.78 is 12.9. The Morgan fingerprint density at radius 3 is 2.93 bits per heavy atom. The van der Waals surface area contributed by atoms with Crippen LogP contribution in [-0.2, 0) is 0 Å². The lowest BCUT2D eigenvalue weighted by atomic mass is 10.2. The third-order valence-corrected chi connectivity index (χ3v) is 2.36. The molecule has 1 aromatic heterocycles. The minimum absolute atomic E-state index is 0.0779. The molecule has 0 aliphatic heterocycles. The molecule has 0 fully saturated rings. The predicted octanol–water partition coefficient (Wildman–Crippen LogP) is 3.29. The fraction of sp³-hybridized carbons (Fsp3) is 0.250. The zero-order valence-corrected chi connectivity index (χ0v) is 8.51. The van der Waals surface area contributed by atoms with Crippen LogP contribution in [0.3, 0.4) is 0 Å². The van der Waals surface area contributed by atoms with Crippen molar-refractivity contribution in [2.75, 3.05) is 0 Å². The summed E-state index contributed by atoms with van der Waals surface area (Å²) in [6, 6.07) is 6.16. The van der Waals surface area contributed by atoms with Gasteiger partial charge in [-0.1, -0.05) is 6.92 Å². The highest BCUT2D eigenvalue weighted by Gasteiger charge is 2.08. The molecule has 0 aliphatic carbocycles. The Bertz CT molecular complexity index is 501. The van der Waals surface area contributed by atoms with Gasteiger partial charge in [0.05, 0.1) is 5.69 Å². The van der Waals surface area contributed by atoms with Crippen molar-refractivity contribution in [3.05, 3.63) is 35.8 Å². The molecule has 1 aromatic carbocycles. The minimum Gasteiger partial charge on any atom is -0.352 e. The lowest BCUT2D eigenvalue weighted by Gasteiger charge is -1.92. The van der Waals surface area contributed by atoms with Gasteiger partial charge in [0.2, 0.25) is 0 Å². The normalized spacial score (nSPS) is 10.8. The second kappa shape index (κ2) is 3.85. The van der Waals surface area contributed by atoms with Gasteiger partial charge in [-0.3, -0.25) is 4.79 Å². The highest BCUT2D eigenvalue weighted by molar-refractivity contribution is 5.99. The van der Waals surface area contributed by atoms with E-state index in [2.05, 4.69) is 4.98 Å². The average molecular weight is 205 g/mol. The highest BCUT2D eigenvalue weighted by Crippen LogP contribution is 2.17. The first-order valence-electron chi connectivity index (χ1n) is 5.02. The molecule has 78 valence electrons. The number of aromatic nitrogens is 1. The van der Waals surface area contributed by atoms with E-state index in [-0.39, 0.29) is 11.6 Å². The Kier molecular flexibility index (Phi) is 2.54. The van der Waals surface area contributed by atoms with Crippen LogP contribution in [0.2, 0.25) is 0 Å². The number of rotatable bonds is 3. The van der Waals surface area contributed by atoms with Crippen molar-refractivity contribution in [1.29, 1.82) is 0 Å². The summed E-state index contributed by atoms with van der Waals surface area (Å²) in [6.07, 6.45) is 1.35. The van der Waals surface area contributed by atoms with Crippen LogP contribution in [0.1, 0.15) is 30.3 Å². The molecule has 0 amide bonds. The van der Waals surface area contributed by atoms with Crippen LogP contribution in [0.25, 0.3) is 10.9 Å². The monoisotopic (exact) mass is 205 g/mol. The van der Waals surface area contributed by atoms with Crippen molar-refractivity contribution in [2.24, 2.45) is 0 Å². The Hall–Kier alpha value is -1.64. The van der Waals surface area contributed by atoms with E-state index in [4.69, 9.17) is 0 Å². The van der Waals surface area contributed by atoms with Crippen molar-refractivity contribution in [1.82, 2.24) is 4.98 Å². The summed E-state index contributed by atoms with van der Waals surface area (Å²) >= 11 is 0. The molecule has 1 heterocycles. The number of Topliss-reactive ketones (excluding diaryl/α,β-unsaturated/α-hetero) is 1. The molecular weight excluding hydrogens is 193 g/mol. The predicted molar refractivity (Wildman–Crippen MR) is 57.5 cm³/mol. The van der Waals surface area contributed by atoms with E-state index in [0.717, 1.165) is 17.3 Å². The molecule has 0 saturated carbocycles. The van der Waals surface area contributed by atoms with E-state index in [1.807, 2.05) is 6.92 Å². The molecule has 0 atom stereocenters. The number of aromatic amines is 1. The third kappa shape index (κ3) is 1.91. The van der Waals surface area contributed by atoms with Crippen molar-refractivity contribution >= 4 is 16.7 Å². The van der Waals surface area contributed by atoms with E-state index < -0.39 is 0 Å². The molecule has 1 N–H and O–H groups in total. The van der Waals surface area contributed by atoms with Crippen molar-refractivity contribution in [3.63, 3.8) is 0 Å². The van der Waals surface area contributed by atoms with Gasteiger partial charge in [-0.15, -0.1) is 0 Å². The fourth-order valence-electron chi connectivity index (χ4n) is 1.62. The van der Waals surface area contributed by atoms with Crippen molar-refractivity contribution in [3.8, 4) is 0 Å². The van der Waals surface area contributed by atoms with E-state index in [0.29, 0.717) is 12.1 Å². The number of carbonyl (C=O) groups is 1. The number of nitrogens with one attached hydrogen (secondary N) is 1. The van der Waals surface area contributed by atoms with Gasteiger partial charge in [-0.2, -0.15) is 0 Å². The van der Waals surface area contributed by atoms with Crippen molar-refractivity contribution < 1.29 is 9.18 Å². The number of halogens is 1. The maximum atomic E-state index is 12.9. The third-order valence-electron chi connectivity index (χ3n) is 2.36. The fourth-order valence-corrected chi connectivity index (χ4v) is 1.62. The highest BCUT2D eigenvalue weighted by atomic mass is 19.1. The Balaban J connectivity index is 2.42. The molecule has 0 aliphatic rings. The molecular formula is C12H12FNO. The number of H-pyrrole nitrogens is 1. The lowest BCUT2D eigenvalue weighted by molar-refractivity contribution is 0.0978. The molecule has 2 aromatic rings. The Morgan fingerprint density at radius 2 is 2.20 bits per heavy atom. The number of carbonyl (C=O) groups excluding carboxylic acids is 1. The Morgan fingerprint density at radius 1 is 1.40 bits per heavy atom. The molecule has 0 spiro atoms. The quantitative estimate of drug-likeness (QED) is 0.766. The molecule has 15 heavy (non-hydrogen) atoms. The molecule has 2 rings (SSSR count). The summed E-state index contributed by atoms with van der Waals surface area (Å²) in [5, 5.41) is 0.745. The summed E-state index contributed by atoms with van der Waals surface area (Å²) in [4.78, 5) is 14.6. The molecule has 2 nitrogen and oxygen atoms in total. The zero-order valence-electron chi connectivity index (χ0n) is 8.51. The number of hydrogen-bond donors (Lipinski definition) is 1. The van der Waals surface area contributed by atoms with Crippen LogP contribution >= 0.6 is 0 Å². The lowest BCUT2D eigenvalue weighted by Crippen LogP contribution is -1.97. The van der Waals surface area contributed by atoms with Crippen LogP contribution in [0, 0.1) is 5.82 Å². The van der Waals surface area contributed by atoms with Gasteiger partial charge in [-0.25, -0.2) is 4.39 Å². The van der Waals surface area contributed by atoms with Crippen LogP contribution in [0.5, 0.6) is 0 Å². The first-order chi connectivity index (χ1) is 7.20. The average Bonchev–Trinajstić information content (AvgIpc) is 2.60. The molecule has 0 saturated heterocycles. The van der Waals surface area contributed by atoms with E-state index in [9.17, 15) is 9.18 Å². The van der Waals surface area contributed by atoms with Gasteiger partial charge in [0.25, 0.3) is 0 Å². The van der Waals surface area contributed by atoms with Gasteiger partial charge < -0.3 is 4.98 Å². The van der Waals surface area contributed by atoms with Gasteiger partial charge in [-0.05, 0) is 30.7 Å². The summed E-state index contributed by atoms with van der Waals surface area (Å²) in [7, 11) is 0. The minimum atomic E-state index is -0.281. The first kappa shape index (κ1) is 9.90. The van der Waals surface area contributed by atoms with Crippen LogP contribution in [-0.4, -0.2) is 10.8 Å². The van der Waals surface area contributed by atoms with Crippen LogP contribution < -0.4 is 0 Å². The molecule has 3 heteroatoms. The maximum Gasteiger partial charge on any atom is 0.179 e. The maximum absolute atomic E-state index is 12.9. The summed E-state index contributed by atoms with van der Waals surface area (Å²) in [6.45, 7) is 1.96. The number of benzene rings is 1. The number of ketones is 1. The van der Waals surface area contributed by atoms with Gasteiger partial charge in [0, 0.05) is 17.3 Å². The van der Waals surface area contributed by atoms with Crippen molar-refractivity contribution in [2.45, 2.75) is 19.8 Å². The van der Waals surface area contributed by atoms with Crippen LogP contribution in [0.4, 0.5) is 4.39 Å². The first-order valence-corrected chi connectivity index (χ1v) is 5.02. The standard InChI is InChI=1S/C12H12FNO/c1-2-3-12(15)11-7-8-6-9(13)4-5-10(8)14-11/h4-7,14H,2-3H2,1H3. The molecule has 0 radical (unpaired) electrons. The second-order valence-electron chi connectivity index (χ2n) is 3.59. The molecule has 0 unspecified atom stereocenters. The summed E-state index contributed by atoms with van der Waals surface area (Å²) in [5.41, 5.74) is 1.37. The second-order valence-corrected chi connectivity index (χ2v) is 3.59. The molecule has 0 bridgehead atoms. The zero-order chi connectivity index (χ0) is 10.8. The van der Waals surface area contributed by atoms with E-state index in [1.54, 1.807) is 12.1 Å². The van der Waals surface area contributed by atoms with Gasteiger partial charge in [0.15, 0.2) is 5.78 Å². The SMILES string of the molecule is CCCC(=O)c1cc2cc(F)ccc2[nH]1. The summed E-state index contributed by atoms with van der Waals surface area (Å²) in [5.74, 6) is -0.204. The number of hydrogen-bond acceptors (Lipinski definition) is 1. The van der Waals surface area contributed by atoms with Gasteiger partial charge >= 0.3 is 0 Å². The van der Waals surface area contributed by atoms with Gasteiger partial charge in [0.1, 0.15) is 5.82 Å².